The number of ether oxygens (including phenoxy) is 3. The Hall–Kier alpha value is -1.54. The summed E-state index contributed by atoms with van der Waals surface area (Å²) in [6, 6.07) is 20.8. The molecule has 0 saturated carbocycles. The van der Waals surface area contributed by atoms with Crippen molar-refractivity contribution in [3.8, 4) is 0 Å². The van der Waals surface area contributed by atoms with E-state index in [-0.39, 0.29) is 11.6 Å². The lowest BCUT2D eigenvalue weighted by molar-refractivity contribution is -0.158. The molecule has 158 valence electrons. The molecule has 0 aliphatic carbocycles. The Morgan fingerprint density at radius 1 is 0.897 bits per heavy atom. The quantitative estimate of drug-likeness (QED) is 0.702. The van der Waals surface area contributed by atoms with Crippen molar-refractivity contribution in [2.75, 3.05) is 20.8 Å². The molecule has 0 spiro atoms. The van der Waals surface area contributed by atoms with Gasteiger partial charge in [0.2, 0.25) is 0 Å². The maximum absolute atomic E-state index is 10.7. The molecule has 6 heteroatoms. The van der Waals surface area contributed by atoms with Gasteiger partial charge in [-0.3, -0.25) is 0 Å². The number of hydrogen-bond donors (Lipinski definition) is 1. The number of hydrogen-bond acceptors (Lipinski definition) is 5. The maximum Gasteiger partial charge on any atom is 0.261 e. The molecule has 3 rings (SSSR count). The summed E-state index contributed by atoms with van der Waals surface area (Å²) in [7, 11) is 0.417. The van der Waals surface area contributed by atoms with E-state index >= 15 is 0 Å². The number of methoxy groups -OCH3 is 2. The smallest absolute Gasteiger partial charge is 0.261 e. The van der Waals surface area contributed by atoms with Gasteiger partial charge < -0.3 is 23.7 Å². The SMILES string of the molecule is CO[C@H]1O[C@H](CO[Si](c2ccccc2)(c2ccccc2)C(C)(C)C)[C@H](O)[C@@H]1OC. The minimum Gasteiger partial charge on any atom is -0.405 e. The first-order chi connectivity index (χ1) is 13.8. The Morgan fingerprint density at radius 2 is 1.41 bits per heavy atom. The van der Waals surface area contributed by atoms with Crippen LogP contribution in [0.1, 0.15) is 20.8 Å². The molecule has 2 aromatic rings. The number of benzene rings is 2. The number of aliphatic hydroxyl groups excluding tert-OH is 1. The van der Waals surface area contributed by atoms with Gasteiger partial charge in [-0.05, 0) is 15.4 Å². The van der Waals surface area contributed by atoms with Crippen molar-refractivity contribution in [1.82, 2.24) is 0 Å². The predicted octanol–water partition coefficient (Wildman–Crippen LogP) is 2.31. The van der Waals surface area contributed by atoms with Gasteiger partial charge in [-0.2, -0.15) is 0 Å². The van der Waals surface area contributed by atoms with Crippen LogP contribution in [0.4, 0.5) is 0 Å². The third kappa shape index (κ3) is 4.19. The molecule has 5 nitrogen and oxygen atoms in total. The second kappa shape index (κ2) is 9.08. The molecule has 29 heavy (non-hydrogen) atoms. The van der Waals surface area contributed by atoms with E-state index in [1.54, 1.807) is 14.2 Å². The fourth-order valence-corrected chi connectivity index (χ4v) is 8.82. The zero-order chi connectivity index (χ0) is 21.1. The molecular weight excluding hydrogens is 384 g/mol. The van der Waals surface area contributed by atoms with Gasteiger partial charge in [-0.1, -0.05) is 81.4 Å². The van der Waals surface area contributed by atoms with Crippen LogP contribution in [-0.4, -0.2) is 58.9 Å². The molecule has 1 heterocycles. The number of aliphatic hydroxyl groups is 1. The van der Waals surface area contributed by atoms with E-state index in [0.29, 0.717) is 0 Å². The largest absolute Gasteiger partial charge is 0.405 e. The lowest BCUT2D eigenvalue weighted by Crippen LogP contribution is -2.67. The van der Waals surface area contributed by atoms with Gasteiger partial charge in [0.25, 0.3) is 8.32 Å². The monoisotopic (exact) mass is 416 g/mol. The first-order valence-electron chi connectivity index (χ1n) is 9.99. The molecule has 0 aromatic heterocycles. The molecule has 0 bridgehead atoms. The Labute approximate surface area is 174 Å². The molecule has 1 aliphatic rings. The molecule has 1 saturated heterocycles. The summed E-state index contributed by atoms with van der Waals surface area (Å²) < 4.78 is 23.5. The number of rotatable bonds is 7. The minimum atomic E-state index is -2.68. The van der Waals surface area contributed by atoms with E-state index in [0.717, 1.165) is 0 Å². The van der Waals surface area contributed by atoms with Crippen LogP contribution >= 0.6 is 0 Å². The lowest BCUT2D eigenvalue weighted by Gasteiger charge is -2.43. The minimum absolute atomic E-state index is 0.138. The van der Waals surface area contributed by atoms with Crippen molar-refractivity contribution in [3.63, 3.8) is 0 Å². The molecule has 0 radical (unpaired) electrons. The second-order valence-corrected chi connectivity index (χ2v) is 12.7. The summed E-state index contributed by atoms with van der Waals surface area (Å²) in [6.07, 6.45) is -2.48. The molecule has 1 aliphatic heterocycles. The highest BCUT2D eigenvalue weighted by Crippen LogP contribution is 2.37. The highest BCUT2D eigenvalue weighted by Gasteiger charge is 2.52. The van der Waals surface area contributed by atoms with Crippen molar-refractivity contribution in [1.29, 1.82) is 0 Å². The fourth-order valence-electron chi connectivity index (χ4n) is 4.25. The molecular formula is C23H32O5Si. The van der Waals surface area contributed by atoms with E-state index in [4.69, 9.17) is 18.6 Å². The fraction of sp³-hybridized carbons (Fsp3) is 0.478. The van der Waals surface area contributed by atoms with Crippen molar-refractivity contribution in [2.45, 2.75) is 50.4 Å². The van der Waals surface area contributed by atoms with Gasteiger partial charge in [0.05, 0.1) is 6.61 Å². The van der Waals surface area contributed by atoms with Gasteiger partial charge in [0.1, 0.15) is 18.3 Å². The van der Waals surface area contributed by atoms with Gasteiger partial charge in [-0.15, -0.1) is 0 Å². The summed E-state index contributed by atoms with van der Waals surface area (Å²) in [6.45, 7) is 6.93. The lowest BCUT2D eigenvalue weighted by atomic mass is 10.1. The van der Waals surface area contributed by atoms with Crippen LogP contribution in [0.2, 0.25) is 5.04 Å². The molecule has 0 unspecified atom stereocenters. The summed E-state index contributed by atoms with van der Waals surface area (Å²) in [5.74, 6) is 0. The zero-order valence-corrected chi connectivity index (χ0v) is 18.9. The Balaban J connectivity index is 1.99. The highest BCUT2D eigenvalue weighted by atomic mass is 28.4. The third-order valence-electron chi connectivity index (χ3n) is 5.68. The van der Waals surface area contributed by atoms with Gasteiger partial charge in [-0.25, -0.2) is 0 Å². The molecule has 1 fully saturated rings. The highest BCUT2D eigenvalue weighted by molar-refractivity contribution is 6.99. The van der Waals surface area contributed by atoms with E-state index in [9.17, 15) is 5.11 Å². The Kier molecular flexibility index (Phi) is 6.93. The van der Waals surface area contributed by atoms with Crippen LogP contribution in [0.25, 0.3) is 0 Å². The molecule has 4 atom stereocenters. The maximum atomic E-state index is 10.7. The summed E-state index contributed by atoms with van der Waals surface area (Å²) >= 11 is 0. The van der Waals surface area contributed by atoms with Crippen molar-refractivity contribution >= 4 is 18.7 Å². The molecule has 2 aromatic carbocycles. The molecule has 1 N–H and O–H groups in total. The second-order valence-electron chi connectivity index (χ2n) is 8.44. The zero-order valence-electron chi connectivity index (χ0n) is 17.9. The van der Waals surface area contributed by atoms with Crippen LogP contribution in [0.5, 0.6) is 0 Å². The van der Waals surface area contributed by atoms with E-state index in [1.165, 1.54) is 10.4 Å². The van der Waals surface area contributed by atoms with E-state index in [1.807, 2.05) is 12.1 Å². The average Bonchev–Trinajstić information content (AvgIpc) is 3.04. The topological polar surface area (TPSA) is 57.2 Å². The first-order valence-corrected chi connectivity index (χ1v) is 11.9. The van der Waals surface area contributed by atoms with Crippen LogP contribution in [0.3, 0.4) is 0 Å². The summed E-state index contributed by atoms with van der Waals surface area (Å²) in [4.78, 5) is 0. The molecule has 0 amide bonds. The summed E-state index contributed by atoms with van der Waals surface area (Å²) in [5.41, 5.74) is 0. The van der Waals surface area contributed by atoms with Crippen molar-refractivity contribution in [2.24, 2.45) is 0 Å². The van der Waals surface area contributed by atoms with Crippen molar-refractivity contribution in [3.05, 3.63) is 60.7 Å². The third-order valence-corrected chi connectivity index (χ3v) is 10.7. The van der Waals surface area contributed by atoms with Crippen LogP contribution in [0.15, 0.2) is 60.7 Å². The van der Waals surface area contributed by atoms with Crippen molar-refractivity contribution < 1.29 is 23.7 Å². The Morgan fingerprint density at radius 3 is 1.79 bits per heavy atom. The van der Waals surface area contributed by atoms with Crippen LogP contribution < -0.4 is 10.4 Å². The average molecular weight is 417 g/mol. The van der Waals surface area contributed by atoms with Gasteiger partial charge >= 0.3 is 0 Å². The van der Waals surface area contributed by atoms with Gasteiger partial charge in [0, 0.05) is 14.2 Å². The van der Waals surface area contributed by atoms with E-state index < -0.39 is 32.9 Å². The first kappa shape index (κ1) is 22.1. The van der Waals surface area contributed by atoms with Crippen LogP contribution in [0, 0.1) is 0 Å². The van der Waals surface area contributed by atoms with E-state index in [2.05, 4.69) is 69.3 Å². The standard InChI is InChI=1S/C23H32O5Si/c1-23(2,3)29(17-12-8-6-9-13-17,18-14-10-7-11-15-18)27-16-19-20(24)21(25-4)22(26-5)28-19/h6-15,19-22,24H,16H2,1-5H3/t19-,20+,21+,22+/m1/s1. The Bertz CT molecular complexity index is 722. The normalized spacial score (nSPS) is 25.3. The van der Waals surface area contributed by atoms with Crippen LogP contribution in [-0.2, 0) is 18.6 Å². The predicted molar refractivity (Wildman–Crippen MR) is 116 cm³/mol. The van der Waals surface area contributed by atoms with Gasteiger partial charge in [0.15, 0.2) is 6.29 Å². The summed E-state index contributed by atoms with van der Waals surface area (Å²) in [5, 5.41) is 12.9.